The van der Waals surface area contributed by atoms with Gasteiger partial charge in [0.25, 0.3) is 0 Å². The van der Waals surface area contributed by atoms with E-state index in [-0.39, 0.29) is 5.41 Å². The predicted octanol–water partition coefficient (Wildman–Crippen LogP) is 3.33. The van der Waals surface area contributed by atoms with E-state index in [2.05, 4.69) is 41.7 Å². The Hall–Kier alpha value is -0.300. The van der Waals surface area contributed by atoms with E-state index in [0.717, 1.165) is 19.3 Å². The van der Waals surface area contributed by atoms with E-state index in [1.165, 1.54) is 14.7 Å². The third-order valence-electron chi connectivity index (χ3n) is 2.59. The van der Waals surface area contributed by atoms with Crippen molar-refractivity contribution in [2.24, 2.45) is 5.41 Å². The van der Waals surface area contributed by atoms with Gasteiger partial charge in [-0.2, -0.15) is 5.26 Å². The average molecular weight is 271 g/mol. The van der Waals surface area contributed by atoms with E-state index in [0.29, 0.717) is 0 Å². The summed E-state index contributed by atoms with van der Waals surface area (Å²) in [6.45, 7) is 2.06. The van der Waals surface area contributed by atoms with Crippen molar-refractivity contribution in [1.29, 1.82) is 5.26 Å². The maximum Gasteiger partial charge on any atom is 0.0693 e. The number of nitrogens with zero attached hydrogens (tertiary/aromatic N) is 1. The Morgan fingerprint density at radius 2 is 2.42 bits per heavy atom. The summed E-state index contributed by atoms with van der Waals surface area (Å²) in [6, 6.07) is 2.42. The predicted molar refractivity (Wildman–Crippen MR) is 56.7 cm³/mol. The molecule has 12 heavy (non-hydrogen) atoms. The smallest absolute Gasteiger partial charge is 0.0693 e. The highest BCUT2D eigenvalue weighted by Crippen LogP contribution is 2.49. The molecule has 0 aliphatic heterocycles. The zero-order valence-corrected chi connectivity index (χ0v) is 9.18. The molecule has 0 spiro atoms. The molecule has 2 aliphatic rings. The van der Waals surface area contributed by atoms with Crippen LogP contribution < -0.4 is 0 Å². The third-order valence-corrected chi connectivity index (χ3v) is 3.68. The molecular formula is C10H10IN. The molecule has 0 saturated heterocycles. The van der Waals surface area contributed by atoms with Crippen molar-refractivity contribution in [1.82, 2.24) is 0 Å². The van der Waals surface area contributed by atoms with Crippen molar-refractivity contribution in [3.8, 4) is 6.07 Å². The summed E-state index contributed by atoms with van der Waals surface area (Å²) in [7, 11) is 0. The molecule has 2 heteroatoms. The van der Waals surface area contributed by atoms with E-state index in [9.17, 15) is 0 Å². The van der Waals surface area contributed by atoms with E-state index in [1.54, 1.807) is 0 Å². The Balaban J connectivity index is 2.30. The maximum absolute atomic E-state index is 8.99. The molecular weight excluding hydrogens is 261 g/mol. The lowest BCUT2D eigenvalue weighted by atomic mass is 9.84. The molecule has 62 valence electrons. The van der Waals surface area contributed by atoms with Gasteiger partial charge in [0.2, 0.25) is 0 Å². The largest absolute Gasteiger partial charge is 0.198 e. The van der Waals surface area contributed by atoms with Crippen LogP contribution in [-0.2, 0) is 0 Å². The van der Waals surface area contributed by atoms with Crippen LogP contribution in [0, 0.1) is 16.7 Å². The maximum atomic E-state index is 8.99. The van der Waals surface area contributed by atoms with Gasteiger partial charge in [-0.3, -0.25) is 0 Å². The fourth-order valence-corrected chi connectivity index (χ4v) is 2.45. The normalized spacial score (nSPS) is 33.2. The van der Waals surface area contributed by atoms with Gasteiger partial charge in [-0.15, -0.1) is 0 Å². The number of rotatable bonds is 0. The van der Waals surface area contributed by atoms with Crippen molar-refractivity contribution >= 4 is 22.6 Å². The molecule has 0 fully saturated rings. The second-order valence-electron chi connectivity index (χ2n) is 3.86. The molecule has 0 aromatic carbocycles. The highest BCUT2D eigenvalue weighted by atomic mass is 127. The van der Waals surface area contributed by atoms with Gasteiger partial charge in [0.15, 0.2) is 0 Å². The Morgan fingerprint density at radius 1 is 1.67 bits per heavy atom. The minimum atomic E-state index is -0.135. The molecule has 1 nitrogen and oxygen atoms in total. The van der Waals surface area contributed by atoms with Crippen LogP contribution in [0.5, 0.6) is 0 Å². The van der Waals surface area contributed by atoms with Crippen LogP contribution in [0.1, 0.15) is 26.2 Å². The van der Waals surface area contributed by atoms with Gasteiger partial charge in [0.1, 0.15) is 0 Å². The molecule has 1 atom stereocenters. The molecule has 0 bridgehead atoms. The van der Waals surface area contributed by atoms with E-state index < -0.39 is 0 Å². The second-order valence-corrected chi connectivity index (χ2v) is 5.03. The molecule has 0 heterocycles. The zero-order chi connectivity index (χ0) is 8.77. The highest BCUT2D eigenvalue weighted by Gasteiger charge is 2.35. The Labute approximate surface area is 86.3 Å². The molecule has 0 aromatic rings. The van der Waals surface area contributed by atoms with E-state index >= 15 is 0 Å². The van der Waals surface area contributed by atoms with Crippen molar-refractivity contribution in [3.63, 3.8) is 0 Å². The summed E-state index contributed by atoms with van der Waals surface area (Å²) in [5, 5.41) is 8.99. The van der Waals surface area contributed by atoms with Crippen LogP contribution in [-0.4, -0.2) is 0 Å². The van der Waals surface area contributed by atoms with Gasteiger partial charge in [-0.1, -0.05) is 11.6 Å². The Bertz CT molecular complexity index is 332. The quantitative estimate of drug-likeness (QED) is 0.620. The lowest BCUT2D eigenvalue weighted by Gasteiger charge is -2.17. The summed E-state index contributed by atoms with van der Waals surface area (Å²) in [4.78, 5) is 0. The summed E-state index contributed by atoms with van der Waals surface area (Å²) in [5.74, 6) is 0. The number of hydrogen-bond acceptors (Lipinski definition) is 1. The van der Waals surface area contributed by atoms with Gasteiger partial charge in [-0.05, 0) is 54.4 Å². The first kappa shape index (κ1) is 8.31. The monoisotopic (exact) mass is 271 g/mol. The number of hydrogen-bond donors (Lipinski definition) is 0. The first-order valence-electron chi connectivity index (χ1n) is 4.13. The third kappa shape index (κ3) is 1.31. The minimum Gasteiger partial charge on any atom is -0.198 e. The van der Waals surface area contributed by atoms with E-state index in [1.807, 2.05) is 0 Å². The van der Waals surface area contributed by atoms with Crippen LogP contribution in [0.2, 0.25) is 0 Å². The van der Waals surface area contributed by atoms with Crippen LogP contribution >= 0.6 is 22.6 Å². The van der Waals surface area contributed by atoms with Crippen LogP contribution in [0.3, 0.4) is 0 Å². The number of halogens is 1. The average Bonchev–Trinajstić information content (AvgIpc) is 2.79. The summed E-state index contributed by atoms with van der Waals surface area (Å²) >= 11 is 2.38. The topological polar surface area (TPSA) is 23.8 Å². The standard InChI is InChI=1S/C10H10IN/c1-10(6-12)3-2-9(11)8-4-7(8)5-10/h2H,3-5H2,1H3/t10-/m0/s1. The number of nitriles is 1. The van der Waals surface area contributed by atoms with Gasteiger partial charge in [0, 0.05) is 3.58 Å². The van der Waals surface area contributed by atoms with Crippen molar-refractivity contribution in [2.75, 3.05) is 0 Å². The molecule has 0 radical (unpaired) electrons. The lowest BCUT2D eigenvalue weighted by Crippen LogP contribution is -2.11. The fraction of sp³-hybridized carbons (Fsp3) is 0.500. The molecule has 2 aliphatic carbocycles. The van der Waals surface area contributed by atoms with Gasteiger partial charge >= 0.3 is 0 Å². The molecule has 0 aromatic heterocycles. The van der Waals surface area contributed by atoms with Crippen LogP contribution in [0.4, 0.5) is 0 Å². The molecule has 0 saturated carbocycles. The lowest BCUT2D eigenvalue weighted by molar-refractivity contribution is 0.449. The van der Waals surface area contributed by atoms with E-state index in [4.69, 9.17) is 5.26 Å². The summed E-state index contributed by atoms with van der Waals surface area (Å²) < 4.78 is 1.38. The summed E-state index contributed by atoms with van der Waals surface area (Å²) in [5.41, 5.74) is 2.89. The van der Waals surface area contributed by atoms with Crippen molar-refractivity contribution < 1.29 is 0 Å². The van der Waals surface area contributed by atoms with Gasteiger partial charge < -0.3 is 0 Å². The fourth-order valence-electron chi connectivity index (χ4n) is 1.66. The SMILES string of the molecule is C[C@]1(C#N)CC=C(I)C2=C(C2)C1. The number of allylic oxidation sites excluding steroid dienone is 4. The highest BCUT2D eigenvalue weighted by molar-refractivity contribution is 14.1. The van der Waals surface area contributed by atoms with Crippen molar-refractivity contribution in [3.05, 3.63) is 20.8 Å². The van der Waals surface area contributed by atoms with Gasteiger partial charge in [0.05, 0.1) is 11.5 Å². The van der Waals surface area contributed by atoms with Crippen LogP contribution in [0.15, 0.2) is 20.8 Å². The Morgan fingerprint density at radius 3 is 3.08 bits per heavy atom. The molecule has 0 N–H and O–H groups in total. The molecule has 0 unspecified atom stereocenters. The van der Waals surface area contributed by atoms with Gasteiger partial charge in [-0.25, -0.2) is 0 Å². The van der Waals surface area contributed by atoms with Crippen LogP contribution in [0.25, 0.3) is 0 Å². The molecule has 2 rings (SSSR count). The minimum absolute atomic E-state index is 0.135. The molecule has 0 amide bonds. The first-order chi connectivity index (χ1) is 5.64. The zero-order valence-electron chi connectivity index (χ0n) is 7.02. The van der Waals surface area contributed by atoms with Crippen molar-refractivity contribution in [2.45, 2.75) is 26.2 Å². The Kier molecular flexibility index (Phi) is 1.80. The summed E-state index contributed by atoms with van der Waals surface area (Å²) in [6.07, 6.45) is 5.27. The first-order valence-corrected chi connectivity index (χ1v) is 5.21. The second kappa shape index (κ2) is 2.59.